The van der Waals surface area contributed by atoms with Crippen LogP contribution < -0.4 is 5.32 Å². The van der Waals surface area contributed by atoms with Crippen molar-refractivity contribution in [2.45, 2.75) is 44.3 Å². The minimum Gasteiger partial charge on any atom is -0.462 e. The zero-order chi connectivity index (χ0) is 16.8. The molecule has 1 heterocycles. The van der Waals surface area contributed by atoms with Gasteiger partial charge in [0.25, 0.3) is 16.6 Å². The average Bonchev–Trinajstić information content (AvgIpc) is 2.34. The molecule has 1 aliphatic rings. The Balaban J connectivity index is 0.000000295. The van der Waals surface area contributed by atoms with Gasteiger partial charge in [0.05, 0.1) is 4.90 Å². The van der Waals surface area contributed by atoms with Crippen LogP contribution in [0.15, 0.2) is 29.2 Å². The van der Waals surface area contributed by atoms with E-state index in [0.717, 1.165) is 5.56 Å². The monoisotopic (exact) mass is 329 g/mol. The van der Waals surface area contributed by atoms with Gasteiger partial charge in [0, 0.05) is 13.1 Å². The Hall–Kier alpha value is -1.44. The molecule has 6 nitrogen and oxygen atoms in total. The standard InChI is InChI=1S/C10H13NO3S.C5H10O2/c1-8-2-4-10(5-3-8)15(12,13)14-9-6-11-7-9;1-5(2,3)7-4-6/h2-5,9,11H,6-7H2,1H3;4H,1-3H3. The van der Waals surface area contributed by atoms with Gasteiger partial charge in [-0.25, -0.2) is 0 Å². The fraction of sp³-hybridized carbons (Fsp3) is 0.533. The molecule has 0 saturated carbocycles. The molecule has 0 aromatic heterocycles. The molecule has 0 atom stereocenters. The number of nitrogens with one attached hydrogen (secondary N) is 1. The largest absolute Gasteiger partial charge is 0.462 e. The Labute approximate surface area is 131 Å². The SMILES string of the molecule is CC(C)(C)OC=O.Cc1ccc(S(=O)(=O)OC2CNC2)cc1. The van der Waals surface area contributed by atoms with E-state index >= 15 is 0 Å². The van der Waals surface area contributed by atoms with Crippen LogP contribution in [0.25, 0.3) is 0 Å². The Morgan fingerprint density at radius 1 is 1.18 bits per heavy atom. The lowest BCUT2D eigenvalue weighted by molar-refractivity contribution is -0.138. The third-order valence-electron chi connectivity index (χ3n) is 2.72. The second-order valence-corrected chi connectivity index (χ2v) is 7.54. The van der Waals surface area contributed by atoms with Crippen LogP contribution in [0.4, 0.5) is 0 Å². The van der Waals surface area contributed by atoms with E-state index in [1.165, 1.54) is 0 Å². The fourth-order valence-corrected chi connectivity index (χ4v) is 2.49. The molecule has 0 aliphatic carbocycles. The summed E-state index contributed by atoms with van der Waals surface area (Å²) in [5.41, 5.74) is 0.709. The van der Waals surface area contributed by atoms with Crippen LogP contribution in [0.2, 0.25) is 0 Å². The van der Waals surface area contributed by atoms with Crippen molar-refractivity contribution in [3.8, 4) is 0 Å². The maximum Gasteiger partial charge on any atom is 0.297 e. The molecule has 0 bridgehead atoms. The van der Waals surface area contributed by atoms with E-state index in [1.54, 1.807) is 24.3 Å². The summed E-state index contributed by atoms with van der Waals surface area (Å²) in [4.78, 5) is 9.82. The summed E-state index contributed by atoms with van der Waals surface area (Å²) in [7, 11) is -3.58. The van der Waals surface area contributed by atoms with Crippen LogP contribution in [-0.4, -0.2) is 39.7 Å². The van der Waals surface area contributed by atoms with Crippen molar-refractivity contribution in [2.75, 3.05) is 13.1 Å². The molecular weight excluding hydrogens is 306 g/mol. The van der Waals surface area contributed by atoms with E-state index in [1.807, 2.05) is 27.7 Å². The highest BCUT2D eigenvalue weighted by Gasteiger charge is 2.25. The highest BCUT2D eigenvalue weighted by atomic mass is 32.2. The van der Waals surface area contributed by atoms with E-state index in [4.69, 9.17) is 4.18 Å². The second-order valence-electron chi connectivity index (χ2n) is 5.97. The number of benzene rings is 1. The highest BCUT2D eigenvalue weighted by Crippen LogP contribution is 2.16. The minimum atomic E-state index is -3.58. The van der Waals surface area contributed by atoms with Crippen molar-refractivity contribution in [1.29, 1.82) is 0 Å². The Kier molecular flexibility index (Phi) is 6.52. The number of rotatable bonds is 4. The molecule has 1 aromatic carbocycles. The summed E-state index contributed by atoms with van der Waals surface area (Å²) in [6, 6.07) is 6.65. The second kappa shape index (κ2) is 7.71. The number of hydrogen-bond acceptors (Lipinski definition) is 6. The van der Waals surface area contributed by atoms with Gasteiger partial charge in [-0.2, -0.15) is 8.42 Å². The Morgan fingerprint density at radius 3 is 2.05 bits per heavy atom. The van der Waals surface area contributed by atoms with Gasteiger partial charge >= 0.3 is 0 Å². The molecule has 1 aromatic rings. The molecule has 0 radical (unpaired) electrons. The van der Waals surface area contributed by atoms with Crippen molar-refractivity contribution in [3.05, 3.63) is 29.8 Å². The van der Waals surface area contributed by atoms with Gasteiger partial charge in [-0.05, 0) is 39.8 Å². The topological polar surface area (TPSA) is 81.7 Å². The van der Waals surface area contributed by atoms with Gasteiger partial charge in [0.2, 0.25) is 0 Å². The first-order valence-electron chi connectivity index (χ1n) is 6.96. The molecule has 1 saturated heterocycles. The summed E-state index contributed by atoms with van der Waals surface area (Å²) in [5.74, 6) is 0. The Bertz CT molecular complexity index is 571. The zero-order valence-electron chi connectivity index (χ0n) is 13.3. The van der Waals surface area contributed by atoms with E-state index in [9.17, 15) is 13.2 Å². The summed E-state index contributed by atoms with van der Waals surface area (Å²) < 4.78 is 33.0. The predicted octanol–water partition coefficient (Wildman–Crippen LogP) is 1.63. The number of hydrogen-bond donors (Lipinski definition) is 1. The van der Waals surface area contributed by atoms with Crippen molar-refractivity contribution in [1.82, 2.24) is 5.32 Å². The maximum absolute atomic E-state index is 11.7. The van der Waals surface area contributed by atoms with Crippen LogP contribution >= 0.6 is 0 Å². The van der Waals surface area contributed by atoms with E-state index in [-0.39, 0.29) is 16.6 Å². The van der Waals surface area contributed by atoms with Gasteiger partial charge in [0.15, 0.2) is 0 Å². The van der Waals surface area contributed by atoms with Crippen LogP contribution in [0.1, 0.15) is 26.3 Å². The van der Waals surface area contributed by atoms with Crippen LogP contribution in [0.3, 0.4) is 0 Å². The molecular formula is C15H23NO5S. The van der Waals surface area contributed by atoms with Gasteiger partial charge in [-0.15, -0.1) is 0 Å². The number of carbonyl (C=O) groups is 1. The van der Waals surface area contributed by atoms with E-state index in [2.05, 4.69) is 10.1 Å². The highest BCUT2D eigenvalue weighted by molar-refractivity contribution is 7.86. The van der Waals surface area contributed by atoms with Gasteiger partial charge < -0.3 is 10.1 Å². The maximum atomic E-state index is 11.7. The smallest absolute Gasteiger partial charge is 0.297 e. The molecule has 124 valence electrons. The third-order valence-corrected chi connectivity index (χ3v) is 4.09. The van der Waals surface area contributed by atoms with Gasteiger partial charge in [-0.3, -0.25) is 8.98 Å². The molecule has 22 heavy (non-hydrogen) atoms. The normalized spacial score (nSPS) is 15.3. The number of carbonyl (C=O) groups excluding carboxylic acids is 1. The number of ether oxygens (including phenoxy) is 1. The molecule has 0 spiro atoms. The van der Waals surface area contributed by atoms with Crippen LogP contribution in [0, 0.1) is 6.92 Å². The first-order valence-corrected chi connectivity index (χ1v) is 8.37. The quantitative estimate of drug-likeness (QED) is 0.668. The van der Waals surface area contributed by atoms with Crippen molar-refractivity contribution < 1.29 is 22.1 Å². The average molecular weight is 329 g/mol. The van der Waals surface area contributed by atoms with E-state index in [0.29, 0.717) is 19.6 Å². The summed E-state index contributed by atoms with van der Waals surface area (Å²) in [6.07, 6.45) is -0.212. The summed E-state index contributed by atoms with van der Waals surface area (Å²) in [6.45, 7) is 9.04. The lowest BCUT2D eigenvalue weighted by atomic mass is 10.2. The molecule has 1 N–H and O–H groups in total. The number of aryl methyl sites for hydroxylation is 1. The van der Waals surface area contributed by atoms with Crippen molar-refractivity contribution in [2.24, 2.45) is 0 Å². The summed E-state index contributed by atoms with van der Waals surface area (Å²) in [5, 5.41) is 2.95. The molecule has 7 heteroatoms. The van der Waals surface area contributed by atoms with Crippen molar-refractivity contribution in [3.63, 3.8) is 0 Å². The van der Waals surface area contributed by atoms with Crippen LogP contribution in [0.5, 0.6) is 0 Å². The first kappa shape index (κ1) is 18.6. The molecule has 0 unspecified atom stereocenters. The molecule has 0 amide bonds. The Morgan fingerprint density at radius 2 is 1.73 bits per heavy atom. The molecule has 2 rings (SSSR count). The lowest BCUT2D eigenvalue weighted by Gasteiger charge is -2.26. The van der Waals surface area contributed by atoms with Gasteiger partial charge in [0.1, 0.15) is 11.7 Å². The van der Waals surface area contributed by atoms with Gasteiger partial charge in [-0.1, -0.05) is 17.7 Å². The molecule has 1 aliphatic heterocycles. The minimum absolute atomic E-state index is 0.212. The van der Waals surface area contributed by atoms with Crippen LogP contribution in [-0.2, 0) is 23.8 Å². The van der Waals surface area contributed by atoms with E-state index < -0.39 is 10.1 Å². The van der Waals surface area contributed by atoms with Crippen molar-refractivity contribution >= 4 is 16.6 Å². The first-order chi connectivity index (χ1) is 10.1. The lowest BCUT2D eigenvalue weighted by Crippen LogP contribution is -2.49. The molecule has 1 fully saturated rings. The predicted molar refractivity (Wildman–Crippen MR) is 83.0 cm³/mol. The third kappa shape index (κ3) is 6.55. The zero-order valence-corrected chi connectivity index (χ0v) is 14.1. The fourth-order valence-electron chi connectivity index (χ4n) is 1.41. The summed E-state index contributed by atoms with van der Waals surface area (Å²) >= 11 is 0.